The average Bonchev–Trinajstić information content (AvgIpc) is 2.83. The van der Waals surface area contributed by atoms with E-state index >= 15 is 0 Å². The van der Waals surface area contributed by atoms with Crippen LogP contribution in [-0.2, 0) is 9.53 Å². The highest BCUT2D eigenvalue weighted by Crippen LogP contribution is 2.32. The van der Waals surface area contributed by atoms with Crippen LogP contribution in [0.25, 0.3) is 10.8 Å². The monoisotopic (exact) mass is 443 g/mol. The van der Waals surface area contributed by atoms with Crippen molar-refractivity contribution in [2.45, 2.75) is 19.9 Å². The Morgan fingerprint density at radius 3 is 2.55 bits per heavy atom. The quantitative estimate of drug-likeness (QED) is 0.563. The molecule has 33 heavy (non-hydrogen) atoms. The Hall–Kier alpha value is -4.13. The number of ether oxygens (including phenoxy) is 1. The van der Waals surface area contributed by atoms with Gasteiger partial charge in [0.15, 0.2) is 0 Å². The minimum Gasteiger partial charge on any atom is -0.466 e. The first-order valence-electron chi connectivity index (χ1n) is 10.7. The number of carbonyl (C=O) groups is 3. The maximum absolute atomic E-state index is 13.0. The normalized spacial score (nSPS) is 15.9. The molecule has 1 atom stereocenters. The van der Waals surface area contributed by atoms with Crippen molar-refractivity contribution in [1.82, 2.24) is 10.2 Å². The highest BCUT2D eigenvalue weighted by atomic mass is 16.5. The third kappa shape index (κ3) is 4.17. The molecule has 1 aliphatic rings. The van der Waals surface area contributed by atoms with E-state index in [-0.39, 0.29) is 11.9 Å². The van der Waals surface area contributed by atoms with Crippen LogP contribution in [-0.4, -0.2) is 36.5 Å². The summed E-state index contributed by atoms with van der Waals surface area (Å²) >= 11 is 0. The topological polar surface area (TPSA) is 87.7 Å². The number of fused-ring (bicyclic) bond motifs is 1. The molecule has 4 rings (SSSR count). The number of hydrogen-bond acceptors (Lipinski definition) is 4. The number of anilines is 1. The van der Waals surface area contributed by atoms with Gasteiger partial charge in [-0.15, -0.1) is 0 Å². The number of rotatable bonds is 5. The van der Waals surface area contributed by atoms with Gasteiger partial charge in [0.05, 0.1) is 18.7 Å². The van der Waals surface area contributed by atoms with E-state index in [4.69, 9.17) is 4.74 Å². The molecule has 7 nitrogen and oxygen atoms in total. The van der Waals surface area contributed by atoms with E-state index in [1.165, 1.54) is 12.0 Å². The number of nitrogens with zero attached hydrogens (tertiary/aromatic N) is 1. The molecule has 0 aliphatic carbocycles. The second kappa shape index (κ2) is 9.16. The van der Waals surface area contributed by atoms with Gasteiger partial charge in [0.2, 0.25) is 0 Å². The van der Waals surface area contributed by atoms with Gasteiger partial charge in [-0.25, -0.2) is 9.59 Å². The molecule has 168 valence electrons. The van der Waals surface area contributed by atoms with Crippen molar-refractivity contribution >= 4 is 34.4 Å². The zero-order valence-electron chi connectivity index (χ0n) is 18.7. The first-order valence-corrected chi connectivity index (χ1v) is 10.7. The second-order valence-electron chi connectivity index (χ2n) is 7.72. The van der Waals surface area contributed by atoms with Gasteiger partial charge in [-0.1, -0.05) is 48.5 Å². The molecule has 1 heterocycles. The lowest BCUT2D eigenvalue weighted by molar-refractivity contribution is -0.136. The van der Waals surface area contributed by atoms with E-state index in [1.54, 1.807) is 37.3 Å². The van der Waals surface area contributed by atoms with Crippen LogP contribution >= 0.6 is 0 Å². The number of amides is 3. The van der Waals surface area contributed by atoms with E-state index in [1.807, 2.05) is 43.3 Å². The molecular formula is C26H25N3O4. The third-order valence-corrected chi connectivity index (χ3v) is 5.83. The van der Waals surface area contributed by atoms with Gasteiger partial charge in [0.25, 0.3) is 5.91 Å². The van der Waals surface area contributed by atoms with Gasteiger partial charge < -0.3 is 15.4 Å². The van der Waals surface area contributed by atoms with E-state index in [2.05, 4.69) is 10.6 Å². The fraction of sp³-hybridized carbons (Fsp3) is 0.192. The Kier molecular flexibility index (Phi) is 6.13. The summed E-state index contributed by atoms with van der Waals surface area (Å²) in [6.07, 6.45) is 0. The largest absolute Gasteiger partial charge is 0.466 e. The van der Waals surface area contributed by atoms with Crippen LogP contribution in [0.1, 0.15) is 35.8 Å². The molecule has 3 aromatic carbocycles. The number of nitrogens with one attached hydrogen (secondary N) is 2. The van der Waals surface area contributed by atoms with Gasteiger partial charge in [0, 0.05) is 23.5 Å². The molecule has 0 spiro atoms. The molecule has 0 fully saturated rings. The first-order chi connectivity index (χ1) is 15.9. The second-order valence-corrected chi connectivity index (χ2v) is 7.72. The van der Waals surface area contributed by atoms with Crippen molar-refractivity contribution in [2.75, 3.05) is 19.0 Å². The summed E-state index contributed by atoms with van der Waals surface area (Å²) < 4.78 is 4.99. The van der Waals surface area contributed by atoms with Crippen LogP contribution in [0.15, 0.2) is 78.0 Å². The highest BCUT2D eigenvalue weighted by Gasteiger charge is 2.35. The zero-order chi connectivity index (χ0) is 23.5. The summed E-state index contributed by atoms with van der Waals surface area (Å²) in [4.78, 5) is 39.7. The summed E-state index contributed by atoms with van der Waals surface area (Å²) in [7, 11) is 1.31. The van der Waals surface area contributed by atoms with Gasteiger partial charge >= 0.3 is 12.0 Å². The smallest absolute Gasteiger partial charge is 0.337 e. The van der Waals surface area contributed by atoms with Crippen LogP contribution in [0.4, 0.5) is 10.5 Å². The lowest BCUT2D eigenvalue weighted by atomic mass is 9.94. The molecule has 0 saturated heterocycles. The summed E-state index contributed by atoms with van der Waals surface area (Å²) in [5.74, 6) is -0.755. The molecule has 0 saturated carbocycles. The predicted octanol–water partition coefficient (Wildman–Crippen LogP) is 4.63. The minimum atomic E-state index is -0.692. The molecular weight excluding hydrogens is 418 g/mol. The molecule has 0 radical (unpaired) electrons. The highest BCUT2D eigenvalue weighted by molar-refractivity contribution is 6.13. The predicted molar refractivity (Wildman–Crippen MR) is 127 cm³/mol. The maximum Gasteiger partial charge on any atom is 0.337 e. The number of urea groups is 1. The van der Waals surface area contributed by atoms with E-state index in [0.29, 0.717) is 34.6 Å². The Morgan fingerprint density at radius 2 is 1.79 bits per heavy atom. The Balaban J connectivity index is 1.67. The summed E-state index contributed by atoms with van der Waals surface area (Å²) in [5, 5.41) is 7.66. The Labute approximate surface area is 192 Å². The Morgan fingerprint density at radius 1 is 1.06 bits per heavy atom. The first kappa shape index (κ1) is 22.1. The fourth-order valence-corrected chi connectivity index (χ4v) is 4.20. The van der Waals surface area contributed by atoms with Crippen molar-refractivity contribution in [1.29, 1.82) is 0 Å². The lowest BCUT2D eigenvalue weighted by Crippen LogP contribution is -2.47. The number of methoxy groups -OCH3 is 1. The van der Waals surface area contributed by atoms with E-state index in [0.717, 1.165) is 10.8 Å². The summed E-state index contributed by atoms with van der Waals surface area (Å²) in [6.45, 7) is 3.99. The average molecular weight is 444 g/mol. The number of esters is 1. The molecule has 1 aliphatic heterocycles. The van der Waals surface area contributed by atoms with Crippen LogP contribution in [0.2, 0.25) is 0 Å². The molecule has 0 bridgehead atoms. The van der Waals surface area contributed by atoms with E-state index in [9.17, 15) is 14.4 Å². The number of allylic oxidation sites excluding steroid dienone is 1. The molecule has 3 amide bonds. The van der Waals surface area contributed by atoms with Crippen molar-refractivity contribution < 1.29 is 19.1 Å². The standard InChI is InChI=1S/C26H25N3O4/c1-4-29-16(2)22(25(31)33-3)23(28-26(29)32)18-11-7-12-19(15-18)27-24(30)21-14-8-10-17-9-5-6-13-20(17)21/h5-15,23H,4H2,1-3H3,(H,27,30)(H,28,32). The van der Waals surface area contributed by atoms with Crippen LogP contribution < -0.4 is 10.6 Å². The van der Waals surface area contributed by atoms with Gasteiger partial charge in [-0.2, -0.15) is 0 Å². The van der Waals surface area contributed by atoms with Crippen molar-refractivity contribution in [3.05, 3.63) is 89.1 Å². The van der Waals surface area contributed by atoms with Crippen LogP contribution in [0, 0.1) is 0 Å². The minimum absolute atomic E-state index is 0.242. The lowest BCUT2D eigenvalue weighted by Gasteiger charge is -2.34. The molecule has 7 heteroatoms. The van der Waals surface area contributed by atoms with Crippen LogP contribution in [0.5, 0.6) is 0 Å². The van der Waals surface area contributed by atoms with E-state index < -0.39 is 12.0 Å². The van der Waals surface area contributed by atoms with Crippen molar-refractivity contribution in [2.24, 2.45) is 0 Å². The number of benzene rings is 3. The maximum atomic E-state index is 13.0. The number of hydrogen-bond donors (Lipinski definition) is 2. The third-order valence-electron chi connectivity index (χ3n) is 5.83. The molecule has 3 aromatic rings. The van der Waals surface area contributed by atoms with Gasteiger partial charge in [-0.3, -0.25) is 9.69 Å². The Bertz CT molecular complexity index is 1280. The summed E-state index contributed by atoms with van der Waals surface area (Å²) in [5.41, 5.74) is 2.68. The molecule has 2 N–H and O–H groups in total. The molecule has 0 aromatic heterocycles. The van der Waals surface area contributed by atoms with Crippen molar-refractivity contribution in [3.63, 3.8) is 0 Å². The summed E-state index contributed by atoms with van der Waals surface area (Å²) in [6, 6.07) is 19.4. The van der Waals surface area contributed by atoms with Crippen molar-refractivity contribution in [3.8, 4) is 0 Å². The zero-order valence-corrected chi connectivity index (χ0v) is 18.7. The van der Waals surface area contributed by atoms with Gasteiger partial charge in [0.1, 0.15) is 0 Å². The van der Waals surface area contributed by atoms with Gasteiger partial charge in [-0.05, 0) is 48.4 Å². The number of carbonyl (C=O) groups excluding carboxylic acids is 3. The SMILES string of the molecule is CCN1C(=O)NC(c2cccc(NC(=O)c3cccc4ccccc34)c2)C(C(=O)OC)=C1C. The fourth-order valence-electron chi connectivity index (χ4n) is 4.20. The van der Waals surface area contributed by atoms with Crippen LogP contribution in [0.3, 0.4) is 0 Å². The molecule has 1 unspecified atom stereocenters.